The molecule has 156 valence electrons. The maximum absolute atomic E-state index is 12.2. The van der Waals surface area contributed by atoms with Crippen LogP contribution in [0.1, 0.15) is 60.0 Å². The maximum Gasteiger partial charge on any atom is 0.362 e. The highest BCUT2D eigenvalue weighted by atomic mass is 32.1. The summed E-state index contributed by atoms with van der Waals surface area (Å²) in [6.45, 7) is 0. The zero-order valence-electron chi connectivity index (χ0n) is 17.2. The fourth-order valence-corrected chi connectivity index (χ4v) is 6.66. The SMILES string of the molecule is COc1ccc(C(=S)NOC(=O)c2ccccc2)cc1C12CC3CC(CC(C3)C1)C2. The molecule has 30 heavy (non-hydrogen) atoms. The van der Waals surface area contributed by atoms with Gasteiger partial charge in [-0.2, -0.15) is 0 Å². The van der Waals surface area contributed by atoms with Crippen LogP contribution in [0.5, 0.6) is 5.75 Å². The predicted octanol–water partition coefficient (Wildman–Crippen LogP) is 5.20. The van der Waals surface area contributed by atoms with Gasteiger partial charge in [0.1, 0.15) is 10.7 Å². The van der Waals surface area contributed by atoms with Crippen molar-refractivity contribution in [1.82, 2.24) is 5.48 Å². The molecule has 0 atom stereocenters. The topological polar surface area (TPSA) is 47.6 Å². The minimum Gasteiger partial charge on any atom is -0.496 e. The van der Waals surface area contributed by atoms with E-state index in [1.807, 2.05) is 18.2 Å². The van der Waals surface area contributed by atoms with E-state index >= 15 is 0 Å². The quantitative estimate of drug-likeness (QED) is 0.543. The number of thiocarbonyl (C=S) groups is 1. The summed E-state index contributed by atoms with van der Waals surface area (Å²) in [6.07, 6.45) is 7.95. The maximum atomic E-state index is 12.2. The molecule has 2 aromatic rings. The molecule has 0 saturated heterocycles. The van der Waals surface area contributed by atoms with Gasteiger partial charge >= 0.3 is 5.97 Å². The first kappa shape index (κ1) is 19.6. The molecule has 0 radical (unpaired) electrons. The van der Waals surface area contributed by atoms with E-state index in [-0.39, 0.29) is 5.41 Å². The van der Waals surface area contributed by atoms with Gasteiger partial charge in [0.05, 0.1) is 12.7 Å². The number of hydrogen-bond donors (Lipinski definition) is 1. The molecule has 4 fully saturated rings. The van der Waals surface area contributed by atoms with Crippen molar-refractivity contribution in [2.24, 2.45) is 17.8 Å². The van der Waals surface area contributed by atoms with Gasteiger partial charge in [-0.3, -0.25) is 0 Å². The van der Waals surface area contributed by atoms with E-state index in [1.54, 1.807) is 31.4 Å². The van der Waals surface area contributed by atoms with Crippen molar-refractivity contribution < 1.29 is 14.4 Å². The molecule has 4 bridgehead atoms. The lowest BCUT2D eigenvalue weighted by Gasteiger charge is -2.57. The molecule has 4 nitrogen and oxygen atoms in total. The van der Waals surface area contributed by atoms with E-state index in [4.69, 9.17) is 21.8 Å². The highest BCUT2D eigenvalue weighted by Gasteiger charge is 2.52. The summed E-state index contributed by atoms with van der Waals surface area (Å²) in [4.78, 5) is 17.9. The standard InChI is InChI=1S/C25H27NO3S/c1-28-22-8-7-20(23(30)26-29-24(27)19-5-3-2-4-6-19)12-21(22)25-13-16-9-17(14-25)11-18(10-16)15-25/h2-8,12,16-18H,9-11,13-15H2,1H3,(H,26,30). The van der Waals surface area contributed by atoms with Gasteiger partial charge in [0, 0.05) is 11.1 Å². The fourth-order valence-electron chi connectivity index (χ4n) is 6.49. The number of ether oxygens (including phenoxy) is 1. The van der Waals surface area contributed by atoms with Crippen molar-refractivity contribution in [3.05, 3.63) is 65.2 Å². The summed E-state index contributed by atoms with van der Waals surface area (Å²) in [5.41, 5.74) is 5.50. The number of nitrogens with one attached hydrogen (secondary N) is 1. The smallest absolute Gasteiger partial charge is 0.362 e. The lowest BCUT2D eigenvalue weighted by molar-refractivity contribution is -0.00617. The van der Waals surface area contributed by atoms with Gasteiger partial charge in [0.25, 0.3) is 0 Å². The number of benzene rings is 2. The summed E-state index contributed by atoms with van der Waals surface area (Å²) < 4.78 is 5.78. The second-order valence-corrected chi connectivity index (χ2v) is 9.71. The van der Waals surface area contributed by atoms with Gasteiger partial charge in [-0.15, -0.1) is 0 Å². The summed E-state index contributed by atoms with van der Waals surface area (Å²) in [6, 6.07) is 15.0. The van der Waals surface area contributed by atoms with Crippen LogP contribution in [-0.4, -0.2) is 18.1 Å². The van der Waals surface area contributed by atoms with Crippen LogP contribution in [-0.2, 0) is 10.3 Å². The molecular weight excluding hydrogens is 394 g/mol. The van der Waals surface area contributed by atoms with Crippen LogP contribution in [0, 0.1) is 17.8 Å². The van der Waals surface area contributed by atoms with Crippen molar-refractivity contribution in [3.8, 4) is 5.75 Å². The average molecular weight is 422 g/mol. The van der Waals surface area contributed by atoms with Gasteiger partial charge < -0.3 is 9.57 Å². The normalized spacial score (nSPS) is 28.8. The summed E-state index contributed by atoms with van der Waals surface area (Å²) in [5.74, 6) is 3.04. The van der Waals surface area contributed by atoms with Gasteiger partial charge in [-0.1, -0.05) is 30.4 Å². The fraction of sp³-hybridized carbons (Fsp3) is 0.440. The second-order valence-electron chi connectivity index (χ2n) is 9.30. The first-order valence-electron chi connectivity index (χ1n) is 10.8. The zero-order valence-corrected chi connectivity index (χ0v) is 18.0. The molecule has 0 heterocycles. The second kappa shape index (κ2) is 7.69. The third-order valence-electron chi connectivity index (χ3n) is 7.32. The molecule has 5 heteroatoms. The van der Waals surface area contributed by atoms with E-state index in [1.165, 1.54) is 44.1 Å². The summed E-state index contributed by atoms with van der Waals surface area (Å²) in [5, 5.41) is 0. The van der Waals surface area contributed by atoms with Crippen LogP contribution >= 0.6 is 12.2 Å². The molecule has 0 amide bonds. The van der Waals surface area contributed by atoms with E-state index < -0.39 is 5.97 Å². The van der Waals surface area contributed by atoms with Gasteiger partial charge in [-0.05, 0) is 92.0 Å². The Hall–Kier alpha value is -2.40. The van der Waals surface area contributed by atoms with Crippen molar-refractivity contribution in [1.29, 1.82) is 0 Å². The molecule has 2 aromatic carbocycles. The zero-order chi connectivity index (χ0) is 20.7. The first-order chi connectivity index (χ1) is 14.6. The van der Waals surface area contributed by atoms with E-state index in [0.717, 1.165) is 29.1 Å². The van der Waals surface area contributed by atoms with Crippen molar-refractivity contribution >= 4 is 23.2 Å². The number of hydrogen-bond acceptors (Lipinski definition) is 4. The van der Waals surface area contributed by atoms with Crippen LogP contribution < -0.4 is 10.2 Å². The highest BCUT2D eigenvalue weighted by Crippen LogP contribution is 2.61. The molecule has 1 N–H and O–H groups in total. The molecule has 0 aromatic heterocycles. The molecule has 0 spiro atoms. The Morgan fingerprint density at radius 1 is 0.967 bits per heavy atom. The van der Waals surface area contributed by atoms with E-state index in [9.17, 15) is 4.79 Å². The lowest BCUT2D eigenvalue weighted by Crippen LogP contribution is -2.48. The van der Waals surface area contributed by atoms with E-state index in [2.05, 4.69) is 11.5 Å². The Morgan fingerprint density at radius 3 is 2.20 bits per heavy atom. The van der Waals surface area contributed by atoms with Gasteiger partial charge in [0.15, 0.2) is 0 Å². The predicted molar refractivity (Wildman–Crippen MR) is 120 cm³/mol. The highest BCUT2D eigenvalue weighted by molar-refractivity contribution is 7.80. The molecular formula is C25H27NO3S. The monoisotopic (exact) mass is 421 g/mol. The number of methoxy groups -OCH3 is 1. The Kier molecular flexibility index (Phi) is 5.02. The van der Waals surface area contributed by atoms with E-state index in [0.29, 0.717) is 10.6 Å². The van der Waals surface area contributed by atoms with Crippen LogP contribution in [0.3, 0.4) is 0 Å². The Morgan fingerprint density at radius 2 is 1.60 bits per heavy atom. The molecule has 0 unspecified atom stereocenters. The first-order valence-corrected chi connectivity index (χ1v) is 11.2. The van der Waals surface area contributed by atoms with Gasteiger partial charge in [-0.25, -0.2) is 10.3 Å². The number of rotatable bonds is 4. The molecule has 0 aliphatic heterocycles. The average Bonchev–Trinajstić information content (AvgIpc) is 2.76. The van der Waals surface area contributed by atoms with Crippen LogP contribution in [0.4, 0.5) is 0 Å². The third kappa shape index (κ3) is 3.49. The minimum atomic E-state index is -0.451. The molecule has 4 saturated carbocycles. The summed E-state index contributed by atoms with van der Waals surface area (Å²) >= 11 is 5.54. The largest absolute Gasteiger partial charge is 0.496 e. The molecule has 4 aliphatic carbocycles. The molecule has 6 rings (SSSR count). The Bertz CT molecular complexity index is 936. The number of carbonyl (C=O) groups excluding carboxylic acids is 1. The Balaban J connectivity index is 1.37. The van der Waals surface area contributed by atoms with Crippen LogP contribution in [0.2, 0.25) is 0 Å². The summed E-state index contributed by atoms with van der Waals surface area (Å²) in [7, 11) is 1.75. The molecule has 4 aliphatic rings. The van der Waals surface area contributed by atoms with Gasteiger partial charge in [0.2, 0.25) is 0 Å². The Labute approximate surface area is 182 Å². The van der Waals surface area contributed by atoms with Crippen LogP contribution in [0.15, 0.2) is 48.5 Å². The number of carbonyl (C=O) groups is 1. The number of hydroxylamine groups is 1. The van der Waals surface area contributed by atoms with Crippen LogP contribution in [0.25, 0.3) is 0 Å². The lowest BCUT2D eigenvalue weighted by atomic mass is 9.48. The van der Waals surface area contributed by atoms with Crippen molar-refractivity contribution in [2.45, 2.75) is 43.9 Å². The third-order valence-corrected chi connectivity index (χ3v) is 7.64. The minimum absolute atomic E-state index is 0.201. The van der Waals surface area contributed by atoms with Crippen molar-refractivity contribution in [3.63, 3.8) is 0 Å². The van der Waals surface area contributed by atoms with Crippen molar-refractivity contribution in [2.75, 3.05) is 7.11 Å².